The zero-order valence-corrected chi connectivity index (χ0v) is 15.5. The van der Waals surface area contributed by atoms with Gasteiger partial charge in [0.25, 0.3) is 0 Å². The van der Waals surface area contributed by atoms with Gasteiger partial charge in [0.05, 0.1) is 0 Å². The molecule has 22 heavy (non-hydrogen) atoms. The Balaban J connectivity index is 0.000000980. The van der Waals surface area contributed by atoms with Crippen molar-refractivity contribution in [3.8, 4) is 0 Å². The number of halogens is 2. The molecule has 0 saturated carbocycles. The third-order valence-electron chi connectivity index (χ3n) is 2.31. The van der Waals surface area contributed by atoms with Crippen LogP contribution in [0.3, 0.4) is 0 Å². The summed E-state index contributed by atoms with van der Waals surface area (Å²) >= 11 is 9.22. The second-order valence-electron chi connectivity index (χ2n) is 4.78. The van der Waals surface area contributed by atoms with Gasteiger partial charge in [0, 0.05) is 10.5 Å². The lowest BCUT2D eigenvalue weighted by molar-refractivity contribution is -0.139. The van der Waals surface area contributed by atoms with E-state index in [0.29, 0.717) is 6.42 Å². The SMILES string of the molecule is CC(C)=O.CCCCC(Cl)OC(=O)/C=C/c1ccc(Br)cc1. The second-order valence-corrected chi connectivity index (χ2v) is 6.18. The Kier molecular flexibility index (Phi) is 11.8. The summed E-state index contributed by atoms with van der Waals surface area (Å²) < 4.78 is 6.03. The molecule has 1 unspecified atom stereocenters. The Hall–Kier alpha value is -1.13. The molecule has 0 spiro atoms. The molecule has 1 aromatic carbocycles. The molecule has 0 aliphatic rings. The van der Waals surface area contributed by atoms with Gasteiger partial charge in [-0.25, -0.2) is 4.79 Å². The van der Waals surface area contributed by atoms with Crippen molar-refractivity contribution in [1.29, 1.82) is 0 Å². The van der Waals surface area contributed by atoms with Crippen LogP contribution in [-0.2, 0) is 14.3 Å². The molecule has 0 bridgehead atoms. The van der Waals surface area contributed by atoms with E-state index >= 15 is 0 Å². The van der Waals surface area contributed by atoms with E-state index in [9.17, 15) is 9.59 Å². The Morgan fingerprint density at radius 1 is 1.27 bits per heavy atom. The summed E-state index contributed by atoms with van der Waals surface area (Å²) in [6.07, 6.45) is 5.78. The highest BCUT2D eigenvalue weighted by Crippen LogP contribution is 2.12. The molecule has 1 rings (SSSR count). The first-order chi connectivity index (χ1) is 10.3. The summed E-state index contributed by atoms with van der Waals surface area (Å²) in [6.45, 7) is 5.12. The Morgan fingerprint density at radius 3 is 2.32 bits per heavy atom. The monoisotopic (exact) mass is 388 g/mol. The standard InChI is InChI=1S/C14H16BrClO2.C3H6O/c1-2-3-4-13(16)18-14(17)10-7-11-5-8-12(15)9-6-11;1-3(2)4/h5-10,13H,2-4H2,1H3;1-2H3/b10-7+;. The molecule has 0 aromatic heterocycles. The number of hydrogen-bond donors (Lipinski definition) is 0. The van der Waals surface area contributed by atoms with E-state index in [1.54, 1.807) is 6.08 Å². The van der Waals surface area contributed by atoms with Crippen LogP contribution in [0.4, 0.5) is 0 Å². The molecular formula is C17H22BrClO3. The first-order valence-corrected chi connectivity index (χ1v) is 8.33. The minimum Gasteiger partial charge on any atom is -0.443 e. The molecule has 3 nitrogen and oxygen atoms in total. The average molecular weight is 390 g/mol. The highest BCUT2D eigenvalue weighted by atomic mass is 79.9. The number of rotatable bonds is 6. The van der Waals surface area contributed by atoms with Gasteiger partial charge in [-0.1, -0.05) is 53.0 Å². The van der Waals surface area contributed by atoms with Crippen LogP contribution in [0.5, 0.6) is 0 Å². The van der Waals surface area contributed by atoms with Crippen LogP contribution < -0.4 is 0 Å². The molecule has 0 aliphatic carbocycles. The summed E-state index contributed by atoms with van der Waals surface area (Å²) in [7, 11) is 0. The fraction of sp³-hybridized carbons (Fsp3) is 0.412. The van der Waals surface area contributed by atoms with Crippen molar-refractivity contribution in [2.75, 3.05) is 0 Å². The minimum atomic E-state index is -0.535. The summed E-state index contributed by atoms with van der Waals surface area (Å²) in [5, 5.41) is 0. The van der Waals surface area contributed by atoms with Crippen LogP contribution in [0.15, 0.2) is 34.8 Å². The Bertz CT molecular complexity index is 479. The molecule has 0 saturated heterocycles. The molecule has 0 fully saturated rings. The van der Waals surface area contributed by atoms with Gasteiger partial charge in [-0.15, -0.1) is 0 Å². The van der Waals surface area contributed by atoms with Gasteiger partial charge in [-0.2, -0.15) is 0 Å². The number of carbonyl (C=O) groups excluding carboxylic acids is 2. The smallest absolute Gasteiger partial charge is 0.332 e. The molecule has 122 valence electrons. The largest absolute Gasteiger partial charge is 0.443 e. The van der Waals surface area contributed by atoms with Crippen molar-refractivity contribution in [2.45, 2.75) is 45.6 Å². The topological polar surface area (TPSA) is 43.4 Å². The molecule has 1 atom stereocenters. The molecule has 0 amide bonds. The van der Waals surface area contributed by atoms with Crippen molar-refractivity contribution in [1.82, 2.24) is 0 Å². The summed E-state index contributed by atoms with van der Waals surface area (Å²) in [4.78, 5) is 20.9. The van der Waals surface area contributed by atoms with E-state index in [2.05, 4.69) is 22.9 Å². The molecule has 0 heterocycles. The number of ether oxygens (including phenoxy) is 1. The van der Waals surface area contributed by atoms with Gasteiger partial charge < -0.3 is 9.53 Å². The number of carbonyl (C=O) groups is 2. The predicted molar refractivity (Wildman–Crippen MR) is 94.8 cm³/mol. The average Bonchev–Trinajstić information content (AvgIpc) is 2.44. The van der Waals surface area contributed by atoms with E-state index in [0.717, 1.165) is 22.9 Å². The number of alkyl halides is 1. The maximum atomic E-state index is 11.5. The number of esters is 1. The summed E-state index contributed by atoms with van der Waals surface area (Å²) in [6, 6.07) is 7.64. The Labute approximate surface area is 145 Å². The van der Waals surface area contributed by atoms with E-state index in [1.165, 1.54) is 19.9 Å². The van der Waals surface area contributed by atoms with Crippen molar-refractivity contribution in [3.05, 3.63) is 40.4 Å². The van der Waals surface area contributed by atoms with Crippen LogP contribution in [-0.4, -0.2) is 17.3 Å². The quantitative estimate of drug-likeness (QED) is 0.374. The highest BCUT2D eigenvalue weighted by molar-refractivity contribution is 9.10. The normalized spacial score (nSPS) is 11.5. The number of benzene rings is 1. The summed E-state index contributed by atoms with van der Waals surface area (Å²) in [5.74, 6) is -0.242. The number of Topliss-reactive ketones (excluding diaryl/α,β-unsaturated/α-hetero) is 1. The lowest BCUT2D eigenvalue weighted by Gasteiger charge is -2.08. The number of unbranched alkanes of at least 4 members (excludes halogenated alkanes) is 1. The summed E-state index contributed by atoms with van der Waals surface area (Å²) in [5.41, 5.74) is 0.404. The Morgan fingerprint density at radius 2 is 1.82 bits per heavy atom. The van der Waals surface area contributed by atoms with Gasteiger partial charge >= 0.3 is 5.97 Å². The maximum absolute atomic E-state index is 11.5. The zero-order chi connectivity index (χ0) is 17.0. The highest BCUT2D eigenvalue weighted by Gasteiger charge is 2.07. The number of hydrogen-bond acceptors (Lipinski definition) is 3. The van der Waals surface area contributed by atoms with Crippen molar-refractivity contribution in [3.63, 3.8) is 0 Å². The van der Waals surface area contributed by atoms with Gasteiger partial charge in [-0.05, 0) is 50.5 Å². The van der Waals surface area contributed by atoms with E-state index in [-0.39, 0.29) is 5.78 Å². The van der Waals surface area contributed by atoms with Crippen molar-refractivity contribution >= 4 is 45.4 Å². The lowest BCUT2D eigenvalue weighted by atomic mass is 10.2. The van der Waals surface area contributed by atoms with Crippen LogP contribution in [0.2, 0.25) is 0 Å². The molecule has 0 radical (unpaired) electrons. The molecular weight excluding hydrogens is 368 g/mol. The van der Waals surface area contributed by atoms with E-state index < -0.39 is 11.5 Å². The molecule has 5 heteroatoms. The third kappa shape index (κ3) is 12.6. The second kappa shape index (κ2) is 12.4. The fourth-order valence-electron chi connectivity index (χ4n) is 1.33. The van der Waals surface area contributed by atoms with Gasteiger partial charge in [0.1, 0.15) is 5.78 Å². The van der Waals surface area contributed by atoms with E-state index in [1.807, 2.05) is 24.3 Å². The van der Waals surface area contributed by atoms with Gasteiger partial charge in [0.15, 0.2) is 5.56 Å². The van der Waals surface area contributed by atoms with Gasteiger partial charge in [0.2, 0.25) is 0 Å². The molecule has 0 aliphatic heterocycles. The van der Waals surface area contributed by atoms with E-state index in [4.69, 9.17) is 16.3 Å². The van der Waals surface area contributed by atoms with Crippen LogP contribution in [0.1, 0.15) is 45.6 Å². The predicted octanol–water partition coefficient (Wildman–Crippen LogP) is 5.36. The van der Waals surface area contributed by atoms with Crippen molar-refractivity contribution < 1.29 is 14.3 Å². The van der Waals surface area contributed by atoms with Crippen LogP contribution >= 0.6 is 27.5 Å². The third-order valence-corrected chi connectivity index (χ3v) is 3.15. The number of ketones is 1. The van der Waals surface area contributed by atoms with Crippen LogP contribution in [0.25, 0.3) is 6.08 Å². The first kappa shape index (κ1) is 20.9. The first-order valence-electron chi connectivity index (χ1n) is 7.10. The maximum Gasteiger partial charge on any atom is 0.332 e. The van der Waals surface area contributed by atoms with Crippen LogP contribution in [0, 0.1) is 0 Å². The molecule has 1 aromatic rings. The fourth-order valence-corrected chi connectivity index (χ4v) is 1.83. The molecule has 0 N–H and O–H groups in total. The van der Waals surface area contributed by atoms with Crippen molar-refractivity contribution in [2.24, 2.45) is 0 Å². The minimum absolute atomic E-state index is 0.167. The van der Waals surface area contributed by atoms with Gasteiger partial charge in [-0.3, -0.25) is 0 Å². The zero-order valence-electron chi connectivity index (χ0n) is 13.1. The lowest BCUT2D eigenvalue weighted by Crippen LogP contribution is -2.10.